The molecular formula is C16H23NO4. The standard InChI is InChI=1S/C16H23NO4/c1-11(2)7-8-17-16(19)12(3)21-15-6-5-14(20-4)9-13(15)10-18/h5-6,9-12H,7-8H2,1-4H3,(H,17,19). The third-order valence-electron chi connectivity index (χ3n) is 3.04. The Labute approximate surface area is 125 Å². The zero-order valence-electron chi connectivity index (χ0n) is 13.0. The number of ether oxygens (including phenoxy) is 2. The summed E-state index contributed by atoms with van der Waals surface area (Å²) in [7, 11) is 1.52. The lowest BCUT2D eigenvalue weighted by atomic mass is 10.1. The van der Waals surface area contributed by atoms with Crippen LogP contribution < -0.4 is 14.8 Å². The van der Waals surface area contributed by atoms with Gasteiger partial charge in [-0.15, -0.1) is 0 Å². The lowest BCUT2D eigenvalue weighted by molar-refractivity contribution is -0.127. The molecule has 5 nitrogen and oxygen atoms in total. The highest BCUT2D eigenvalue weighted by Crippen LogP contribution is 2.23. The molecule has 0 aliphatic heterocycles. The molecule has 1 rings (SSSR count). The van der Waals surface area contributed by atoms with Crippen molar-refractivity contribution in [2.45, 2.75) is 33.3 Å². The van der Waals surface area contributed by atoms with E-state index in [9.17, 15) is 9.59 Å². The van der Waals surface area contributed by atoms with Crippen LogP contribution in [0.4, 0.5) is 0 Å². The fourth-order valence-corrected chi connectivity index (χ4v) is 1.72. The second kappa shape index (κ2) is 8.29. The van der Waals surface area contributed by atoms with Crippen molar-refractivity contribution in [3.8, 4) is 11.5 Å². The summed E-state index contributed by atoms with van der Waals surface area (Å²) < 4.78 is 10.6. The van der Waals surface area contributed by atoms with Crippen molar-refractivity contribution >= 4 is 12.2 Å². The van der Waals surface area contributed by atoms with Gasteiger partial charge in [0.2, 0.25) is 0 Å². The summed E-state index contributed by atoms with van der Waals surface area (Å²) >= 11 is 0. The molecule has 0 radical (unpaired) electrons. The lowest BCUT2D eigenvalue weighted by Crippen LogP contribution is -2.37. The molecule has 21 heavy (non-hydrogen) atoms. The molecule has 0 aliphatic carbocycles. The smallest absolute Gasteiger partial charge is 0.260 e. The topological polar surface area (TPSA) is 64.6 Å². The van der Waals surface area contributed by atoms with Gasteiger partial charge >= 0.3 is 0 Å². The summed E-state index contributed by atoms with van der Waals surface area (Å²) in [6.07, 6.45) is 0.936. The molecule has 0 heterocycles. The van der Waals surface area contributed by atoms with Crippen LogP contribution in [0.1, 0.15) is 37.6 Å². The number of aldehydes is 1. The predicted molar refractivity (Wildman–Crippen MR) is 80.9 cm³/mol. The Morgan fingerprint density at radius 2 is 2.05 bits per heavy atom. The molecule has 116 valence electrons. The number of amides is 1. The Balaban J connectivity index is 2.63. The SMILES string of the molecule is COc1ccc(OC(C)C(=O)NCCC(C)C)c(C=O)c1. The van der Waals surface area contributed by atoms with E-state index < -0.39 is 6.10 Å². The largest absolute Gasteiger partial charge is 0.497 e. The summed E-state index contributed by atoms with van der Waals surface area (Å²) in [4.78, 5) is 23.0. The maximum atomic E-state index is 11.9. The highest BCUT2D eigenvalue weighted by atomic mass is 16.5. The van der Waals surface area contributed by atoms with Gasteiger partial charge in [-0.05, 0) is 37.5 Å². The van der Waals surface area contributed by atoms with Crippen molar-refractivity contribution in [2.24, 2.45) is 5.92 Å². The molecule has 5 heteroatoms. The number of nitrogens with one attached hydrogen (secondary N) is 1. The first-order chi connectivity index (χ1) is 9.97. The average Bonchev–Trinajstić information content (AvgIpc) is 2.46. The lowest BCUT2D eigenvalue weighted by Gasteiger charge is -2.16. The fraction of sp³-hybridized carbons (Fsp3) is 0.500. The van der Waals surface area contributed by atoms with E-state index >= 15 is 0 Å². The maximum Gasteiger partial charge on any atom is 0.260 e. The average molecular weight is 293 g/mol. The number of benzene rings is 1. The quantitative estimate of drug-likeness (QED) is 0.748. The predicted octanol–water partition coefficient (Wildman–Crippen LogP) is 2.44. The van der Waals surface area contributed by atoms with E-state index in [1.165, 1.54) is 7.11 Å². The molecule has 1 atom stereocenters. The van der Waals surface area contributed by atoms with Gasteiger partial charge in [-0.1, -0.05) is 13.8 Å². The van der Waals surface area contributed by atoms with Gasteiger partial charge in [0.05, 0.1) is 12.7 Å². The van der Waals surface area contributed by atoms with E-state index in [-0.39, 0.29) is 5.91 Å². The molecule has 1 unspecified atom stereocenters. The van der Waals surface area contributed by atoms with Crippen LogP contribution in [0.15, 0.2) is 18.2 Å². The van der Waals surface area contributed by atoms with Gasteiger partial charge in [-0.3, -0.25) is 9.59 Å². The molecule has 0 spiro atoms. The molecule has 1 aromatic rings. The van der Waals surface area contributed by atoms with Crippen molar-refractivity contribution < 1.29 is 19.1 Å². The van der Waals surface area contributed by atoms with Crippen molar-refractivity contribution in [2.75, 3.05) is 13.7 Å². The Morgan fingerprint density at radius 3 is 2.62 bits per heavy atom. The zero-order chi connectivity index (χ0) is 15.8. The minimum absolute atomic E-state index is 0.191. The van der Waals surface area contributed by atoms with Crippen molar-refractivity contribution in [3.05, 3.63) is 23.8 Å². The van der Waals surface area contributed by atoms with Crippen LogP contribution in [0.2, 0.25) is 0 Å². The molecule has 1 amide bonds. The Kier molecular flexibility index (Phi) is 6.72. The van der Waals surface area contributed by atoms with Gasteiger partial charge in [0.15, 0.2) is 12.4 Å². The number of methoxy groups -OCH3 is 1. The van der Waals surface area contributed by atoms with Gasteiger partial charge < -0.3 is 14.8 Å². The molecule has 0 saturated heterocycles. The third-order valence-corrected chi connectivity index (χ3v) is 3.04. The van der Waals surface area contributed by atoms with Crippen molar-refractivity contribution in [1.82, 2.24) is 5.32 Å². The van der Waals surface area contributed by atoms with E-state index in [1.54, 1.807) is 25.1 Å². The summed E-state index contributed by atoms with van der Waals surface area (Å²) in [6.45, 7) is 6.47. The Hall–Kier alpha value is -2.04. The highest BCUT2D eigenvalue weighted by Gasteiger charge is 2.16. The normalized spacial score (nSPS) is 11.9. The van der Waals surface area contributed by atoms with E-state index in [0.717, 1.165) is 6.42 Å². The van der Waals surface area contributed by atoms with Crippen LogP contribution in [0.25, 0.3) is 0 Å². The molecule has 0 bridgehead atoms. The van der Waals surface area contributed by atoms with Crippen LogP contribution in [0.3, 0.4) is 0 Å². The van der Waals surface area contributed by atoms with E-state index in [4.69, 9.17) is 9.47 Å². The van der Waals surface area contributed by atoms with Crippen molar-refractivity contribution in [1.29, 1.82) is 0 Å². The maximum absolute atomic E-state index is 11.9. The van der Waals surface area contributed by atoms with Gasteiger partial charge in [0.1, 0.15) is 11.5 Å². The number of rotatable bonds is 8. The van der Waals surface area contributed by atoms with Gasteiger partial charge in [0, 0.05) is 6.54 Å². The van der Waals surface area contributed by atoms with Gasteiger partial charge in [0.25, 0.3) is 5.91 Å². The minimum Gasteiger partial charge on any atom is -0.497 e. The van der Waals surface area contributed by atoms with E-state index in [2.05, 4.69) is 19.2 Å². The highest BCUT2D eigenvalue weighted by molar-refractivity contribution is 5.82. The summed E-state index contributed by atoms with van der Waals surface area (Å²) in [5, 5.41) is 2.82. The molecule has 0 saturated carbocycles. The number of carbonyl (C=O) groups excluding carboxylic acids is 2. The van der Waals surface area contributed by atoms with Gasteiger partial charge in [-0.2, -0.15) is 0 Å². The fourth-order valence-electron chi connectivity index (χ4n) is 1.72. The minimum atomic E-state index is -0.663. The first-order valence-corrected chi connectivity index (χ1v) is 7.05. The number of hydrogen-bond donors (Lipinski definition) is 1. The molecule has 0 aliphatic rings. The van der Waals surface area contributed by atoms with Gasteiger partial charge in [-0.25, -0.2) is 0 Å². The molecule has 0 aromatic heterocycles. The second-order valence-corrected chi connectivity index (χ2v) is 5.26. The first-order valence-electron chi connectivity index (χ1n) is 7.05. The van der Waals surface area contributed by atoms with Crippen LogP contribution in [-0.2, 0) is 4.79 Å². The van der Waals surface area contributed by atoms with Crippen LogP contribution in [0, 0.1) is 5.92 Å². The van der Waals surface area contributed by atoms with Crippen LogP contribution in [-0.4, -0.2) is 32.0 Å². The monoisotopic (exact) mass is 293 g/mol. The number of hydrogen-bond acceptors (Lipinski definition) is 4. The first kappa shape index (κ1) is 17.0. The molecule has 1 aromatic carbocycles. The Bertz CT molecular complexity index is 485. The van der Waals surface area contributed by atoms with Crippen LogP contribution >= 0.6 is 0 Å². The second-order valence-electron chi connectivity index (χ2n) is 5.26. The van der Waals surface area contributed by atoms with E-state index in [1.807, 2.05) is 0 Å². The van der Waals surface area contributed by atoms with Crippen LogP contribution in [0.5, 0.6) is 11.5 Å². The molecular weight excluding hydrogens is 270 g/mol. The summed E-state index contributed by atoms with van der Waals surface area (Å²) in [5.41, 5.74) is 0.358. The Morgan fingerprint density at radius 1 is 1.33 bits per heavy atom. The molecule has 0 fully saturated rings. The van der Waals surface area contributed by atoms with Crippen molar-refractivity contribution in [3.63, 3.8) is 0 Å². The zero-order valence-corrected chi connectivity index (χ0v) is 13.0. The van der Waals surface area contributed by atoms with E-state index in [0.29, 0.717) is 35.8 Å². The third kappa shape index (κ3) is 5.45. The molecule has 1 N–H and O–H groups in total. The number of carbonyl (C=O) groups is 2. The summed E-state index contributed by atoms with van der Waals surface area (Å²) in [5.74, 6) is 1.28. The summed E-state index contributed by atoms with van der Waals surface area (Å²) in [6, 6.07) is 4.89.